The lowest BCUT2D eigenvalue weighted by atomic mass is 9.68. The van der Waals surface area contributed by atoms with Crippen molar-refractivity contribution < 1.29 is 0 Å². The summed E-state index contributed by atoms with van der Waals surface area (Å²) in [6.07, 6.45) is 16.8. The molecule has 1 aromatic rings. The Morgan fingerprint density at radius 3 is 1.97 bits per heavy atom. The van der Waals surface area contributed by atoms with Crippen LogP contribution in [0.2, 0.25) is 0 Å². The van der Waals surface area contributed by atoms with Crippen LogP contribution in [0.4, 0.5) is 0 Å². The molecule has 3 atom stereocenters. The number of aryl methyl sites for hydroxylation is 2. The molecule has 30 heavy (non-hydrogen) atoms. The van der Waals surface area contributed by atoms with Crippen LogP contribution in [0, 0.1) is 43.9 Å². The zero-order valence-electron chi connectivity index (χ0n) is 21.8. The second-order valence-corrected chi connectivity index (χ2v) is 11.9. The molecule has 0 nitrogen and oxygen atoms in total. The molecule has 1 aliphatic carbocycles. The molecule has 3 unspecified atom stereocenters. The Kier molecular flexibility index (Phi) is 9.96. The SMILES string of the molecule is Cc1cc2c(c(C)c1C)CC(C)(CCCC(C)CCCC(C)CCCC(C)C)CC2. The van der Waals surface area contributed by atoms with Gasteiger partial charge >= 0.3 is 0 Å². The highest BCUT2D eigenvalue weighted by molar-refractivity contribution is 5.46. The van der Waals surface area contributed by atoms with Gasteiger partial charge in [-0.15, -0.1) is 0 Å². The minimum Gasteiger partial charge on any atom is -0.0628 e. The highest BCUT2D eigenvalue weighted by atomic mass is 14.4. The van der Waals surface area contributed by atoms with Crippen molar-refractivity contribution in [3.8, 4) is 0 Å². The first kappa shape index (κ1) is 25.5. The Balaban J connectivity index is 1.69. The maximum atomic E-state index is 2.56. The number of hydrogen-bond donors (Lipinski definition) is 0. The third-order valence-corrected chi connectivity index (χ3v) is 8.34. The van der Waals surface area contributed by atoms with Gasteiger partial charge in [0, 0.05) is 0 Å². The van der Waals surface area contributed by atoms with Crippen LogP contribution >= 0.6 is 0 Å². The van der Waals surface area contributed by atoms with Crippen molar-refractivity contribution in [1.29, 1.82) is 0 Å². The molecule has 0 aromatic heterocycles. The van der Waals surface area contributed by atoms with Gasteiger partial charge in [0.15, 0.2) is 0 Å². The molecule has 1 aliphatic rings. The van der Waals surface area contributed by atoms with E-state index in [2.05, 4.69) is 61.5 Å². The average Bonchev–Trinajstić information content (AvgIpc) is 2.67. The Morgan fingerprint density at radius 1 is 0.800 bits per heavy atom. The summed E-state index contributed by atoms with van der Waals surface area (Å²) in [7, 11) is 0. The quantitative estimate of drug-likeness (QED) is 0.320. The van der Waals surface area contributed by atoms with Crippen molar-refractivity contribution in [3.63, 3.8) is 0 Å². The normalized spacial score (nSPS) is 21.0. The van der Waals surface area contributed by atoms with Crippen molar-refractivity contribution in [1.82, 2.24) is 0 Å². The minimum absolute atomic E-state index is 0.518. The third kappa shape index (κ3) is 7.72. The van der Waals surface area contributed by atoms with E-state index in [0.29, 0.717) is 5.41 Å². The average molecular weight is 413 g/mol. The minimum atomic E-state index is 0.518. The highest BCUT2D eigenvalue weighted by Gasteiger charge is 2.31. The lowest BCUT2D eigenvalue weighted by Crippen LogP contribution is -2.27. The number of rotatable bonds is 12. The van der Waals surface area contributed by atoms with E-state index in [9.17, 15) is 0 Å². The van der Waals surface area contributed by atoms with Gasteiger partial charge in [0.2, 0.25) is 0 Å². The molecule has 0 saturated carbocycles. The Labute approximate surface area is 189 Å². The van der Waals surface area contributed by atoms with Gasteiger partial charge in [-0.1, -0.05) is 92.1 Å². The zero-order chi connectivity index (χ0) is 22.3. The molecule has 0 amide bonds. The standard InChI is InChI=1S/C30H52/c1-22(2)12-9-13-23(3)14-10-15-24(4)16-11-18-30(8)19-17-28-20-25(5)26(6)27(7)29(28)21-30/h20,22-24H,9-19,21H2,1-8H3. The van der Waals surface area contributed by atoms with Gasteiger partial charge in [-0.3, -0.25) is 0 Å². The van der Waals surface area contributed by atoms with Crippen LogP contribution in [0.15, 0.2) is 6.07 Å². The molecular weight excluding hydrogens is 360 g/mol. The van der Waals surface area contributed by atoms with Gasteiger partial charge in [0.1, 0.15) is 0 Å². The summed E-state index contributed by atoms with van der Waals surface area (Å²) in [5, 5.41) is 0. The van der Waals surface area contributed by atoms with Gasteiger partial charge in [-0.05, 0) is 97.4 Å². The third-order valence-electron chi connectivity index (χ3n) is 8.34. The molecule has 1 aromatic carbocycles. The topological polar surface area (TPSA) is 0 Å². The summed E-state index contributed by atoms with van der Waals surface area (Å²) in [6.45, 7) is 19.2. The van der Waals surface area contributed by atoms with E-state index >= 15 is 0 Å². The second-order valence-electron chi connectivity index (χ2n) is 11.9. The predicted molar refractivity (Wildman–Crippen MR) is 136 cm³/mol. The van der Waals surface area contributed by atoms with E-state index in [1.165, 1.54) is 88.2 Å². The van der Waals surface area contributed by atoms with Crippen molar-refractivity contribution in [2.45, 2.75) is 132 Å². The largest absolute Gasteiger partial charge is 0.0628 e. The molecule has 0 heterocycles. The summed E-state index contributed by atoms with van der Waals surface area (Å²) in [5.74, 6) is 2.69. The molecule has 0 aliphatic heterocycles. The molecule has 0 N–H and O–H groups in total. The fourth-order valence-electron chi connectivity index (χ4n) is 5.71. The monoisotopic (exact) mass is 412 g/mol. The van der Waals surface area contributed by atoms with E-state index in [1.807, 2.05) is 0 Å². The van der Waals surface area contributed by atoms with E-state index in [0.717, 1.165) is 17.8 Å². The summed E-state index contributed by atoms with van der Waals surface area (Å²) >= 11 is 0. The molecule has 0 fully saturated rings. The fourth-order valence-corrected chi connectivity index (χ4v) is 5.71. The van der Waals surface area contributed by atoms with Crippen LogP contribution < -0.4 is 0 Å². The zero-order valence-corrected chi connectivity index (χ0v) is 21.8. The van der Waals surface area contributed by atoms with E-state index < -0.39 is 0 Å². The molecule has 0 saturated heterocycles. The summed E-state index contributed by atoms with van der Waals surface area (Å²) in [4.78, 5) is 0. The van der Waals surface area contributed by atoms with Crippen LogP contribution in [-0.4, -0.2) is 0 Å². The Morgan fingerprint density at radius 2 is 1.37 bits per heavy atom. The van der Waals surface area contributed by atoms with Gasteiger partial charge in [-0.2, -0.15) is 0 Å². The molecule has 0 bridgehead atoms. The van der Waals surface area contributed by atoms with Crippen molar-refractivity contribution >= 4 is 0 Å². The Bertz CT molecular complexity index is 652. The number of benzene rings is 1. The number of fused-ring (bicyclic) bond motifs is 1. The van der Waals surface area contributed by atoms with Crippen LogP contribution in [0.5, 0.6) is 0 Å². The molecule has 2 rings (SSSR count). The van der Waals surface area contributed by atoms with Crippen LogP contribution in [-0.2, 0) is 12.8 Å². The predicted octanol–water partition coefficient (Wildman–Crippen LogP) is 9.55. The first-order chi connectivity index (χ1) is 14.1. The van der Waals surface area contributed by atoms with Crippen molar-refractivity contribution in [3.05, 3.63) is 33.9 Å². The van der Waals surface area contributed by atoms with E-state index in [4.69, 9.17) is 0 Å². The lowest BCUT2D eigenvalue weighted by Gasteiger charge is -2.37. The van der Waals surface area contributed by atoms with Crippen molar-refractivity contribution in [2.24, 2.45) is 23.2 Å². The van der Waals surface area contributed by atoms with Gasteiger partial charge in [0.25, 0.3) is 0 Å². The van der Waals surface area contributed by atoms with Crippen molar-refractivity contribution in [2.75, 3.05) is 0 Å². The number of hydrogen-bond acceptors (Lipinski definition) is 0. The van der Waals surface area contributed by atoms with Crippen LogP contribution in [0.25, 0.3) is 0 Å². The summed E-state index contributed by atoms with van der Waals surface area (Å²) in [5.41, 5.74) is 8.43. The van der Waals surface area contributed by atoms with E-state index in [-0.39, 0.29) is 0 Å². The lowest BCUT2D eigenvalue weighted by molar-refractivity contribution is 0.238. The maximum Gasteiger partial charge on any atom is -0.0219 e. The Hall–Kier alpha value is -0.780. The first-order valence-corrected chi connectivity index (χ1v) is 13.2. The summed E-state index contributed by atoms with van der Waals surface area (Å²) < 4.78 is 0. The van der Waals surface area contributed by atoms with Crippen LogP contribution in [0.3, 0.4) is 0 Å². The highest BCUT2D eigenvalue weighted by Crippen LogP contribution is 2.41. The van der Waals surface area contributed by atoms with Gasteiger partial charge < -0.3 is 0 Å². The molecule has 0 radical (unpaired) electrons. The second kappa shape index (κ2) is 11.7. The van der Waals surface area contributed by atoms with Gasteiger partial charge in [-0.25, -0.2) is 0 Å². The van der Waals surface area contributed by atoms with Gasteiger partial charge in [0.05, 0.1) is 0 Å². The molecular formula is C30H52. The molecule has 0 heteroatoms. The van der Waals surface area contributed by atoms with Crippen LogP contribution in [0.1, 0.15) is 127 Å². The fraction of sp³-hybridized carbons (Fsp3) is 0.800. The molecule has 172 valence electrons. The molecule has 0 spiro atoms. The smallest absolute Gasteiger partial charge is 0.0219 e. The summed E-state index contributed by atoms with van der Waals surface area (Å²) in [6, 6.07) is 2.48. The van der Waals surface area contributed by atoms with E-state index in [1.54, 1.807) is 16.7 Å². The first-order valence-electron chi connectivity index (χ1n) is 13.2. The maximum absolute atomic E-state index is 2.56.